The molecule has 0 fully saturated rings. The van der Waals surface area contributed by atoms with Crippen LogP contribution in [0.3, 0.4) is 0 Å². The Balaban J connectivity index is 2.68. The molecule has 1 aromatic carbocycles. The third kappa shape index (κ3) is 6.00. The summed E-state index contributed by atoms with van der Waals surface area (Å²) in [5.41, 5.74) is 0.918. The van der Waals surface area contributed by atoms with Gasteiger partial charge in [-0.1, -0.05) is 44.2 Å². The Labute approximate surface area is 121 Å². The highest BCUT2D eigenvalue weighted by Gasteiger charge is 2.21. The second kappa shape index (κ2) is 8.36. The van der Waals surface area contributed by atoms with Gasteiger partial charge >= 0.3 is 0 Å². The van der Waals surface area contributed by atoms with Crippen LogP contribution in [0.2, 0.25) is 0 Å². The summed E-state index contributed by atoms with van der Waals surface area (Å²) in [4.78, 5) is 0. The average molecular weight is 300 g/mol. The molecule has 0 atom stereocenters. The van der Waals surface area contributed by atoms with Crippen molar-refractivity contribution in [3.63, 3.8) is 0 Å². The van der Waals surface area contributed by atoms with Crippen LogP contribution in [0.4, 0.5) is 0 Å². The number of hydrogen-bond acceptors (Lipinski definition) is 4. The van der Waals surface area contributed by atoms with Gasteiger partial charge in [0, 0.05) is 25.7 Å². The second-order valence-corrected chi connectivity index (χ2v) is 7.06. The van der Waals surface area contributed by atoms with Crippen molar-refractivity contribution in [2.45, 2.75) is 26.4 Å². The van der Waals surface area contributed by atoms with Gasteiger partial charge in [0.05, 0.1) is 12.4 Å². The fourth-order valence-corrected chi connectivity index (χ4v) is 3.16. The van der Waals surface area contributed by atoms with Crippen molar-refractivity contribution in [1.82, 2.24) is 9.62 Å². The SMILES string of the molecule is CC(C)NCCS(=O)(=O)N(CCO)Cc1ccccc1. The standard InChI is InChI=1S/C14H24N2O3S/c1-13(2)15-8-11-20(18,19)16(9-10-17)12-14-6-4-3-5-7-14/h3-7,13,15,17H,8-12H2,1-2H3. The number of aliphatic hydroxyl groups excluding tert-OH is 1. The fraction of sp³-hybridized carbons (Fsp3) is 0.571. The summed E-state index contributed by atoms with van der Waals surface area (Å²) in [6.45, 7) is 4.61. The van der Waals surface area contributed by atoms with Crippen molar-refractivity contribution in [1.29, 1.82) is 0 Å². The summed E-state index contributed by atoms with van der Waals surface area (Å²) in [6.07, 6.45) is 0. The second-order valence-electron chi connectivity index (χ2n) is 4.97. The molecular formula is C14H24N2O3S. The molecule has 1 rings (SSSR count). The van der Waals surface area contributed by atoms with Crippen molar-refractivity contribution >= 4 is 10.0 Å². The molecule has 20 heavy (non-hydrogen) atoms. The molecule has 5 nitrogen and oxygen atoms in total. The Bertz CT molecular complexity index is 474. The summed E-state index contributed by atoms with van der Waals surface area (Å²) < 4.78 is 25.9. The zero-order chi connectivity index (χ0) is 15.0. The molecule has 0 aliphatic rings. The molecule has 114 valence electrons. The number of rotatable bonds is 9. The minimum Gasteiger partial charge on any atom is -0.395 e. The van der Waals surface area contributed by atoms with Crippen molar-refractivity contribution in [3.05, 3.63) is 35.9 Å². The van der Waals surface area contributed by atoms with E-state index in [1.165, 1.54) is 4.31 Å². The molecule has 0 amide bonds. The fourth-order valence-electron chi connectivity index (χ4n) is 1.82. The number of aliphatic hydroxyl groups is 1. The smallest absolute Gasteiger partial charge is 0.215 e. The summed E-state index contributed by atoms with van der Waals surface area (Å²) in [5.74, 6) is 0.0397. The summed E-state index contributed by atoms with van der Waals surface area (Å²) in [5, 5.41) is 12.2. The lowest BCUT2D eigenvalue weighted by Crippen LogP contribution is -2.38. The van der Waals surface area contributed by atoms with Crippen LogP contribution < -0.4 is 5.32 Å². The molecule has 0 heterocycles. The van der Waals surface area contributed by atoms with Gasteiger partial charge in [-0.05, 0) is 5.56 Å². The first-order valence-electron chi connectivity index (χ1n) is 6.81. The molecular weight excluding hydrogens is 276 g/mol. The first-order valence-corrected chi connectivity index (χ1v) is 8.42. The van der Waals surface area contributed by atoms with E-state index in [1.807, 2.05) is 44.2 Å². The van der Waals surface area contributed by atoms with Crippen LogP contribution in [0.5, 0.6) is 0 Å². The molecule has 0 saturated carbocycles. The van der Waals surface area contributed by atoms with Crippen LogP contribution in [0.1, 0.15) is 19.4 Å². The number of hydrogen-bond donors (Lipinski definition) is 2. The molecule has 0 bridgehead atoms. The van der Waals surface area contributed by atoms with Gasteiger partial charge in [-0.2, -0.15) is 4.31 Å². The highest BCUT2D eigenvalue weighted by Crippen LogP contribution is 2.09. The van der Waals surface area contributed by atoms with E-state index in [1.54, 1.807) is 0 Å². The molecule has 6 heteroatoms. The maximum absolute atomic E-state index is 12.3. The van der Waals surface area contributed by atoms with Crippen LogP contribution >= 0.6 is 0 Å². The zero-order valence-corrected chi connectivity index (χ0v) is 12.9. The Morgan fingerprint density at radius 3 is 2.45 bits per heavy atom. The minimum atomic E-state index is -3.37. The predicted octanol–water partition coefficient (Wildman–Crippen LogP) is 0.809. The van der Waals surface area contributed by atoms with Gasteiger partial charge in [0.15, 0.2) is 0 Å². The van der Waals surface area contributed by atoms with E-state index >= 15 is 0 Å². The minimum absolute atomic E-state index is 0.0397. The quantitative estimate of drug-likeness (QED) is 0.708. The van der Waals surface area contributed by atoms with Crippen LogP contribution in [0.25, 0.3) is 0 Å². The number of sulfonamides is 1. The Morgan fingerprint density at radius 1 is 1.25 bits per heavy atom. The van der Waals surface area contributed by atoms with Gasteiger partial charge in [0.25, 0.3) is 0 Å². The van der Waals surface area contributed by atoms with E-state index in [9.17, 15) is 8.42 Å². The first-order chi connectivity index (χ1) is 9.45. The lowest BCUT2D eigenvalue weighted by Gasteiger charge is -2.22. The van der Waals surface area contributed by atoms with Crippen LogP contribution in [-0.2, 0) is 16.6 Å². The molecule has 0 aliphatic heterocycles. The van der Waals surface area contributed by atoms with Gasteiger partial charge in [-0.3, -0.25) is 0 Å². The predicted molar refractivity (Wildman–Crippen MR) is 80.9 cm³/mol. The highest BCUT2D eigenvalue weighted by atomic mass is 32.2. The van der Waals surface area contributed by atoms with Crippen molar-refractivity contribution in [2.75, 3.05) is 25.4 Å². The van der Waals surface area contributed by atoms with Crippen LogP contribution in [-0.4, -0.2) is 49.3 Å². The lowest BCUT2D eigenvalue weighted by atomic mass is 10.2. The van der Waals surface area contributed by atoms with E-state index < -0.39 is 10.0 Å². The maximum atomic E-state index is 12.3. The third-order valence-corrected chi connectivity index (χ3v) is 4.68. The van der Waals surface area contributed by atoms with Gasteiger partial charge in [-0.25, -0.2) is 8.42 Å². The van der Waals surface area contributed by atoms with E-state index in [0.29, 0.717) is 13.1 Å². The van der Waals surface area contributed by atoms with Gasteiger partial charge in [0.2, 0.25) is 10.0 Å². The summed E-state index contributed by atoms with van der Waals surface area (Å²) in [6, 6.07) is 9.66. The topological polar surface area (TPSA) is 69.6 Å². The van der Waals surface area contributed by atoms with Gasteiger partial charge in [0.1, 0.15) is 0 Å². The largest absolute Gasteiger partial charge is 0.395 e. The average Bonchev–Trinajstić information content (AvgIpc) is 2.38. The van der Waals surface area contributed by atoms with Crippen molar-refractivity contribution in [2.24, 2.45) is 0 Å². The van der Waals surface area contributed by atoms with Crippen LogP contribution in [0.15, 0.2) is 30.3 Å². The first kappa shape index (κ1) is 17.1. The zero-order valence-electron chi connectivity index (χ0n) is 12.1. The Kier molecular flexibility index (Phi) is 7.15. The number of nitrogens with zero attached hydrogens (tertiary/aromatic N) is 1. The molecule has 0 unspecified atom stereocenters. The molecule has 0 saturated heterocycles. The number of nitrogens with one attached hydrogen (secondary N) is 1. The Morgan fingerprint density at radius 2 is 1.90 bits per heavy atom. The molecule has 0 aromatic heterocycles. The van der Waals surface area contributed by atoms with Gasteiger partial charge < -0.3 is 10.4 Å². The third-order valence-electron chi connectivity index (χ3n) is 2.86. The van der Waals surface area contributed by atoms with E-state index in [-0.39, 0.29) is 24.9 Å². The van der Waals surface area contributed by atoms with Crippen molar-refractivity contribution < 1.29 is 13.5 Å². The monoisotopic (exact) mass is 300 g/mol. The molecule has 1 aromatic rings. The van der Waals surface area contributed by atoms with Crippen LogP contribution in [0, 0.1) is 0 Å². The lowest BCUT2D eigenvalue weighted by molar-refractivity contribution is 0.251. The van der Waals surface area contributed by atoms with E-state index in [0.717, 1.165) is 5.56 Å². The van der Waals surface area contributed by atoms with E-state index in [4.69, 9.17) is 5.11 Å². The maximum Gasteiger partial charge on any atom is 0.215 e. The summed E-state index contributed by atoms with van der Waals surface area (Å²) in [7, 11) is -3.37. The molecule has 2 N–H and O–H groups in total. The molecule has 0 radical (unpaired) electrons. The van der Waals surface area contributed by atoms with Gasteiger partial charge in [-0.15, -0.1) is 0 Å². The van der Waals surface area contributed by atoms with E-state index in [2.05, 4.69) is 5.32 Å². The normalized spacial score (nSPS) is 12.2. The van der Waals surface area contributed by atoms with Crippen molar-refractivity contribution in [3.8, 4) is 0 Å². The Hall–Kier alpha value is -0.950. The molecule has 0 spiro atoms. The molecule has 0 aliphatic carbocycles. The summed E-state index contributed by atoms with van der Waals surface area (Å²) >= 11 is 0. The number of benzene rings is 1. The highest BCUT2D eigenvalue weighted by molar-refractivity contribution is 7.89.